The monoisotopic (exact) mass is 298 g/mol. The molecule has 1 aromatic carbocycles. The smallest absolute Gasteiger partial charge is 0.227 e. The predicted molar refractivity (Wildman–Crippen MR) is 83.9 cm³/mol. The lowest BCUT2D eigenvalue weighted by Crippen LogP contribution is -2.23. The van der Waals surface area contributed by atoms with Gasteiger partial charge in [-0.3, -0.25) is 4.79 Å². The van der Waals surface area contributed by atoms with Crippen LogP contribution in [-0.2, 0) is 11.3 Å². The molecule has 0 saturated carbocycles. The van der Waals surface area contributed by atoms with Crippen LogP contribution in [0.4, 0.5) is 11.6 Å². The van der Waals surface area contributed by atoms with Crippen LogP contribution in [0.3, 0.4) is 0 Å². The zero-order valence-corrected chi connectivity index (χ0v) is 12.5. The fourth-order valence-electron chi connectivity index (χ4n) is 2.44. The number of hydrogen-bond acceptors (Lipinski definition) is 5. The SMILES string of the molecule is COc1ccnc(NCc2ccc(N3CCCC3=O)cc2)n1. The highest BCUT2D eigenvalue weighted by atomic mass is 16.5. The van der Waals surface area contributed by atoms with Crippen LogP contribution in [0, 0.1) is 0 Å². The molecule has 2 aromatic rings. The summed E-state index contributed by atoms with van der Waals surface area (Å²) in [5.74, 6) is 1.26. The normalized spacial score (nSPS) is 14.2. The number of carbonyl (C=O) groups excluding carboxylic acids is 1. The number of methoxy groups -OCH3 is 1. The first kappa shape index (κ1) is 14.3. The molecule has 1 aliphatic heterocycles. The summed E-state index contributed by atoms with van der Waals surface area (Å²) in [6, 6.07) is 9.68. The molecule has 0 unspecified atom stereocenters. The number of carbonyl (C=O) groups is 1. The molecule has 1 N–H and O–H groups in total. The van der Waals surface area contributed by atoms with Gasteiger partial charge in [0.2, 0.25) is 17.7 Å². The zero-order valence-electron chi connectivity index (χ0n) is 12.5. The van der Waals surface area contributed by atoms with E-state index in [-0.39, 0.29) is 5.91 Å². The van der Waals surface area contributed by atoms with E-state index in [0.717, 1.165) is 24.2 Å². The van der Waals surface area contributed by atoms with Crippen LogP contribution in [0.2, 0.25) is 0 Å². The first-order valence-corrected chi connectivity index (χ1v) is 7.26. The number of nitrogens with one attached hydrogen (secondary N) is 1. The summed E-state index contributed by atoms with van der Waals surface area (Å²) in [6.45, 7) is 1.43. The summed E-state index contributed by atoms with van der Waals surface area (Å²) in [7, 11) is 1.57. The topological polar surface area (TPSA) is 67.3 Å². The van der Waals surface area contributed by atoms with E-state index in [1.54, 1.807) is 19.4 Å². The van der Waals surface area contributed by atoms with Crippen molar-refractivity contribution in [1.29, 1.82) is 0 Å². The lowest BCUT2D eigenvalue weighted by Gasteiger charge is -2.16. The van der Waals surface area contributed by atoms with Crippen LogP contribution in [-0.4, -0.2) is 29.5 Å². The Balaban J connectivity index is 1.62. The molecule has 0 bridgehead atoms. The second-order valence-electron chi connectivity index (χ2n) is 5.09. The number of nitrogens with zero attached hydrogens (tertiary/aromatic N) is 3. The molecule has 0 aliphatic carbocycles. The molecular formula is C16H18N4O2. The fraction of sp³-hybridized carbons (Fsp3) is 0.312. The Labute approximate surface area is 129 Å². The molecule has 114 valence electrons. The molecular weight excluding hydrogens is 280 g/mol. The van der Waals surface area contributed by atoms with Crippen molar-refractivity contribution in [2.45, 2.75) is 19.4 Å². The van der Waals surface area contributed by atoms with E-state index in [4.69, 9.17) is 4.74 Å². The number of aromatic nitrogens is 2. The minimum absolute atomic E-state index is 0.204. The van der Waals surface area contributed by atoms with Crippen molar-refractivity contribution in [3.63, 3.8) is 0 Å². The van der Waals surface area contributed by atoms with Gasteiger partial charge in [0, 0.05) is 37.5 Å². The van der Waals surface area contributed by atoms with E-state index < -0.39 is 0 Å². The van der Waals surface area contributed by atoms with E-state index >= 15 is 0 Å². The van der Waals surface area contributed by atoms with Crippen LogP contribution in [0.25, 0.3) is 0 Å². The Hall–Kier alpha value is -2.63. The molecule has 1 aliphatic rings. The van der Waals surface area contributed by atoms with Gasteiger partial charge in [-0.15, -0.1) is 0 Å². The summed E-state index contributed by atoms with van der Waals surface area (Å²) in [4.78, 5) is 21.9. The van der Waals surface area contributed by atoms with Crippen molar-refractivity contribution >= 4 is 17.5 Å². The van der Waals surface area contributed by atoms with Crippen molar-refractivity contribution in [2.24, 2.45) is 0 Å². The molecule has 1 aromatic heterocycles. The second kappa shape index (κ2) is 6.43. The second-order valence-corrected chi connectivity index (χ2v) is 5.09. The van der Waals surface area contributed by atoms with E-state index in [9.17, 15) is 4.79 Å². The Bertz CT molecular complexity index is 657. The van der Waals surface area contributed by atoms with Gasteiger partial charge in [-0.2, -0.15) is 4.98 Å². The maximum absolute atomic E-state index is 11.7. The molecule has 1 amide bonds. The maximum atomic E-state index is 11.7. The Kier molecular flexibility index (Phi) is 4.18. The first-order chi connectivity index (χ1) is 10.8. The van der Waals surface area contributed by atoms with Gasteiger partial charge < -0.3 is 15.0 Å². The van der Waals surface area contributed by atoms with E-state index in [1.165, 1.54) is 0 Å². The number of benzene rings is 1. The van der Waals surface area contributed by atoms with Crippen molar-refractivity contribution in [3.8, 4) is 5.88 Å². The number of rotatable bonds is 5. The largest absolute Gasteiger partial charge is 0.481 e. The maximum Gasteiger partial charge on any atom is 0.227 e. The summed E-state index contributed by atoms with van der Waals surface area (Å²) in [5, 5.41) is 3.15. The molecule has 3 rings (SSSR count). The number of hydrogen-bond donors (Lipinski definition) is 1. The number of anilines is 2. The van der Waals surface area contributed by atoms with Gasteiger partial charge in [0.25, 0.3) is 0 Å². The molecule has 0 spiro atoms. The third kappa shape index (κ3) is 3.16. The quantitative estimate of drug-likeness (QED) is 0.916. The molecule has 2 heterocycles. The van der Waals surface area contributed by atoms with Gasteiger partial charge in [-0.05, 0) is 24.1 Å². The minimum Gasteiger partial charge on any atom is -0.481 e. The summed E-state index contributed by atoms with van der Waals surface area (Å²) >= 11 is 0. The van der Waals surface area contributed by atoms with Crippen molar-refractivity contribution in [3.05, 3.63) is 42.1 Å². The molecule has 6 heteroatoms. The van der Waals surface area contributed by atoms with Gasteiger partial charge in [0.15, 0.2) is 0 Å². The van der Waals surface area contributed by atoms with Gasteiger partial charge in [0.1, 0.15) is 0 Å². The molecule has 6 nitrogen and oxygen atoms in total. The van der Waals surface area contributed by atoms with Crippen LogP contribution < -0.4 is 15.0 Å². The lowest BCUT2D eigenvalue weighted by atomic mass is 10.2. The van der Waals surface area contributed by atoms with Crippen LogP contribution in [0.5, 0.6) is 5.88 Å². The highest BCUT2D eigenvalue weighted by molar-refractivity contribution is 5.95. The summed E-state index contributed by atoms with van der Waals surface area (Å²) < 4.78 is 5.06. The van der Waals surface area contributed by atoms with Gasteiger partial charge in [-0.1, -0.05) is 12.1 Å². The zero-order chi connectivity index (χ0) is 15.4. The van der Waals surface area contributed by atoms with Crippen molar-refractivity contribution in [2.75, 3.05) is 23.9 Å². The molecule has 22 heavy (non-hydrogen) atoms. The van der Waals surface area contributed by atoms with E-state index in [0.29, 0.717) is 24.8 Å². The van der Waals surface area contributed by atoms with Crippen molar-refractivity contribution in [1.82, 2.24) is 9.97 Å². The molecule has 1 fully saturated rings. The van der Waals surface area contributed by atoms with E-state index in [1.807, 2.05) is 29.2 Å². The van der Waals surface area contributed by atoms with Gasteiger partial charge in [-0.25, -0.2) is 4.98 Å². The summed E-state index contributed by atoms with van der Waals surface area (Å²) in [6.07, 6.45) is 3.24. The van der Waals surface area contributed by atoms with Crippen LogP contribution >= 0.6 is 0 Å². The summed E-state index contributed by atoms with van der Waals surface area (Å²) in [5.41, 5.74) is 2.06. The Morgan fingerprint density at radius 2 is 2.09 bits per heavy atom. The average molecular weight is 298 g/mol. The Morgan fingerprint density at radius 1 is 1.27 bits per heavy atom. The molecule has 0 radical (unpaired) electrons. The molecule has 1 saturated heterocycles. The van der Waals surface area contributed by atoms with E-state index in [2.05, 4.69) is 15.3 Å². The standard InChI is InChI=1S/C16H18N4O2/c1-22-14-8-9-17-16(19-14)18-11-12-4-6-13(7-5-12)20-10-2-3-15(20)21/h4-9H,2-3,10-11H2,1H3,(H,17,18,19). The highest BCUT2D eigenvalue weighted by Gasteiger charge is 2.21. The van der Waals surface area contributed by atoms with Crippen LogP contribution in [0.15, 0.2) is 36.5 Å². The predicted octanol–water partition coefficient (Wildman–Crippen LogP) is 2.22. The van der Waals surface area contributed by atoms with Crippen molar-refractivity contribution < 1.29 is 9.53 Å². The fourth-order valence-corrected chi connectivity index (χ4v) is 2.44. The number of ether oxygens (including phenoxy) is 1. The first-order valence-electron chi connectivity index (χ1n) is 7.26. The number of amides is 1. The van der Waals surface area contributed by atoms with Crippen LogP contribution in [0.1, 0.15) is 18.4 Å². The third-order valence-electron chi connectivity index (χ3n) is 3.61. The average Bonchev–Trinajstić information content (AvgIpc) is 3.00. The van der Waals surface area contributed by atoms with Gasteiger partial charge in [0.05, 0.1) is 7.11 Å². The highest BCUT2D eigenvalue weighted by Crippen LogP contribution is 2.21. The third-order valence-corrected chi connectivity index (χ3v) is 3.61. The lowest BCUT2D eigenvalue weighted by molar-refractivity contribution is -0.117. The van der Waals surface area contributed by atoms with Gasteiger partial charge >= 0.3 is 0 Å². The Morgan fingerprint density at radius 3 is 2.77 bits per heavy atom. The molecule has 0 atom stereocenters. The minimum atomic E-state index is 0.204.